The molecule has 6 heavy (non-hydrogen) atoms. The van der Waals surface area contributed by atoms with E-state index < -0.39 is 5.83 Å². The van der Waals surface area contributed by atoms with Crippen LogP contribution < -0.4 is 0 Å². The quantitative estimate of drug-likeness (QED) is 0.449. The van der Waals surface area contributed by atoms with Gasteiger partial charge in [-0.25, -0.2) is 4.39 Å². The molecule has 0 aromatic rings. The van der Waals surface area contributed by atoms with Crippen LogP contribution in [-0.4, -0.2) is 5.11 Å². The molecule has 0 fully saturated rings. The van der Waals surface area contributed by atoms with E-state index in [1.165, 1.54) is 13.8 Å². The van der Waals surface area contributed by atoms with Gasteiger partial charge in [0.15, 0.2) is 0 Å². The number of allylic oxidation sites excluding steroid dienone is 2. The Kier molecular flexibility index (Phi) is 1.64. The van der Waals surface area contributed by atoms with Crippen LogP contribution in [0.3, 0.4) is 0 Å². The summed E-state index contributed by atoms with van der Waals surface area (Å²) >= 11 is 0. The molecule has 0 unspecified atom stereocenters. The summed E-state index contributed by atoms with van der Waals surface area (Å²) in [5, 5.41) is 8.13. The first-order chi connectivity index (χ1) is 2.64. The van der Waals surface area contributed by atoms with Crippen LogP contribution in [0.4, 0.5) is 4.39 Å². The van der Waals surface area contributed by atoms with Crippen LogP contribution in [0.5, 0.6) is 0 Å². The highest BCUT2D eigenvalue weighted by Gasteiger charge is 1.84. The van der Waals surface area contributed by atoms with Gasteiger partial charge in [0.2, 0.25) is 0 Å². The zero-order valence-corrected chi connectivity index (χ0v) is 3.83. The van der Waals surface area contributed by atoms with Crippen molar-refractivity contribution in [2.75, 3.05) is 0 Å². The molecule has 0 aromatic heterocycles. The lowest BCUT2D eigenvalue weighted by atomic mass is 10.5. The second kappa shape index (κ2) is 1.80. The lowest BCUT2D eigenvalue weighted by molar-refractivity contribution is 0.383. The molecule has 0 radical (unpaired) electrons. The molecule has 0 heterocycles. The highest BCUT2D eigenvalue weighted by Crippen LogP contribution is 1.97. The maximum atomic E-state index is 11.5. The van der Waals surface area contributed by atoms with Crippen molar-refractivity contribution in [3.8, 4) is 0 Å². The summed E-state index contributed by atoms with van der Waals surface area (Å²) in [4.78, 5) is 0. The van der Waals surface area contributed by atoms with Gasteiger partial charge in [0.25, 0.3) is 0 Å². The topological polar surface area (TPSA) is 20.2 Å². The van der Waals surface area contributed by atoms with Crippen LogP contribution >= 0.6 is 0 Å². The van der Waals surface area contributed by atoms with Gasteiger partial charge in [-0.3, -0.25) is 0 Å². The van der Waals surface area contributed by atoms with Crippen molar-refractivity contribution >= 4 is 0 Å². The summed E-state index contributed by atoms with van der Waals surface area (Å²) in [6.07, 6.45) is 0. The summed E-state index contributed by atoms with van der Waals surface area (Å²) in [7, 11) is 0. The number of rotatable bonds is 0. The predicted molar refractivity (Wildman–Crippen MR) is 22.1 cm³/mol. The number of halogens is 1. The monoisotopic (exact) mass is 90.0 g/mol. The summed E-state index contributed by atoms with van der Waals surface area (Å²) in [5.74, 6) is -0.759. The Morgan fingerprint density at radius 1 is 1.50 bits per heavy atom. The average Bonchev–Trinajstić information content (AvgIpc) is 1.36. The first kappa shape index (κ1) is 5.47. The van der Waals surface area contributed by atoms with Gasteiger partial charge in [0.1, 0.15) is 11.6 Å². The minimum Gasteiger partial charge on any atom is -0.510 e. The Hall–Kier alpha value is -0.530. The second-order valence-corrected chi connectivity index (χ2v) is 1.12. The van der Waals surface area contributed by atoms with Gasteiger partial charge in [-0.15, -0.1) is 0 Å². The van der Waals surface area contributed by atoms with Gasteiger partial charge in [0.05, 0.1) is 0 Å². The number of hydrogen-bond donors (Lipinski definition) is 1. The zero-order valence-electron chi connectivity index (χ0n) is 3.83. The summed E-state index contributed by atoms with van der Waals surface area (Å²) < 4.78 is 11.5. The maximum absolute atomic E-state index is 11.5. The molecule has 1 N–H and O–H groups in total. The normalized spacial score (nSPS) is 13.8. The molecule has 0 aliphatic rings. The highest BCUT2D eigenvalue weighted by molar-refractivity contribution is 4.90. The van der Waals surface area contributed by atoms with Gasteiger partial charge in [-0.2, -0.15) is 0 Å². The van der Waals surface area contributed by atoms with E-state index in [0.29, 0.717) is 0 Å². The molecule has 0 atom stereocenters. The first-order valence-electron chi connectivity index (χ1n) is 1.66. The van der Waals surface area contributed by atoms with Gasteiger partial charge in [-0.1, -0.05) is 0 Å². The molecule has 0 spiro atoms. The molecule has 0 rings (SSSR count). The van der Waals surface area contributed by atoms with E-state index >= 15 is 0 Å². The van der Waals surface area contributed by atoms with Gasteiger partial charge in [0, 0.05) is 0 Å². The standard InChI is InChI=1S/C4H7FO/c1-3(5)4(2)6/h6H,1-2H3/b4-3-. The molecule has 0 saturated heterocycles. The van der Waals surface area contributed by atoms with Crippen LogP contribution in [0.25, 0.3) is 0 Å². The molecule has 36 valence electrons. The minimum absolute atomic E-state index is 0.241. The molecule has 0 bridgehead atoms. The summed E-state index contributed by atoms with van der Waals surface area (Å²) in [5.41, 5.74) is 0. The Bertz CT molecular complexity index is 57.6. The van der Waals surface area contributed by atoms with Crippen molar-refractivity contribution in [2.45, 2.75) is 13.8 Å². The molecule has 0 aliphatic carbocycles. The van der Waals surface area contributed by atoms with E-state index in [4.69, 9.17) is 5.11 Å². The molecule has 0 aliphatic heterocycles. The molecule has 0 aromatic carbocycles. The SMILES string of the molecule is C/C(O)=C(\C)F. The van der Waals surface area contributed by atoms with E-state index in [-0.39, 0.29) is 5.76 Å². The number of aliphatic hydroxyl groups is 1. The van der Waals surface area contributed by atoms with E-state index in [1.807, 2.05) is 0 Å². The second-order valence-electron chi connectivity index (χ2n) is 1.12. The van der Waals surface area contributed by atoms with E-state index in [9.17, 15) is 4.39 Å². The van der Waals surface area contributed by atoms with Crippen LogP contribution in [0, 0.1) is 0 Å². The van der Waals surface area contributed by atoms with Crippen LogP contribution in [0.15, 0.2) is 11.6 Å². The maximum Gasteiger partial charge on any atom is 0.134 e. The minimum atomic E-state index is -0.519. The van der Waals surface area contributed by atoms with Crippen molar-refractivity contribution in [3.05, 3.63) is 11.6 Å². The van der Waals surface area contributed by atoms with Crippen LogP contribution in [0.2, 0.25) is 0 Å². The Morgan fingerprint density at radius 2 is 1.67 bits per heavy atom. The molecule has 1 nitrogen and oxygen atoms in total. The zero-order chi connectivity index (χ0) is 5.15. The first-order valence-corrected chi connectivity index (χ1v) is 1.66. The Labute approximate surface area is 36.1 Å². The van der Waals surface area contributed by atoms with E-state index in [1.54, 1.807) is 0 Å². The lowest BCUT2D eigenvalue weighted by Crippen LogP contribution is -1.70. The fraction of sp³-hybridized carbons (Fsp3) is 0.500. The van der Waals surface area contributed by atoms with Gasteiger partial charge in [-0.05, 0) is 13.8 Å². The van der Waals surface area contributed by atoms with Crippen molar-refractivity contribution in [1.82, 2.24) is 0 Å². The Morgan fingerprint density at radius 3 is 1.67 bits per heavy atom. The van der Waals surface area contributed by atoms with E-state index in [2.05, 4.69) is 0 Å². The largest absolute Gasteiger partial charge is 0.510 e. The van der Waals surface area contributed by atoms with Crippen molar-refractivity contribution < 1.29 is 9.50 Å². The Balaban J connectivity index is 3.68. The van der Waals surface area contributed by atoms with Crippen LogP contribution in [-0.2, 0) is 0 Å². The molecular weight excluding hydrogens is 83.0 g/mol. The van der Waals surface area contributed by atoms with Crippen molar-refractivity contribution in [1.29, 1.82) is 0 Å². The summed E-state index contributed by atoms with van der Waals surface area (Å²) in [6, 6.07) is 0. The van der Waals surface area contributed by atoms with Crippen molar-refractivity contribution in [3.63, 3.8) is 0 Å². The molecule has 0 saturated carbocycles. The van der Waals surface area contributed by atoms with Crippen molar-refractivity contribution in [2.24, 2.45) is 0 Å². The smallest absolute Gasteiger partial charge is 0.134 e. The predicted octanol–water partition coefficient (Wildman–Crippen LogP) is 1.77. The van der Waals surface area contributed by atoms with Crippen LogP contribution in [0.1, 0.15) is 13.8 Å². The molecule has 0 amide bonds. The average molecular weight is 90.1 g/mol. The third-order valence-corrected chi connectivity index (χ3v) is 0.499. The third-order valence-electron chi connectivity index (χ3n) is 0.499. The molecular formula is C4H7FO. The van der Waals surface area contributed by atoms with Gasteiger partial charge >= 0.3 is 0 Å². The molecule has 2 heteroatoms. The third kappa shape index (κ3) is 1.76. The summed E-state index contributed by atoms with van der Waals surface area (Å²) in [6.45, 7) is 2.50. The highest BCUT2D eigenvalue weighted by atomic mass is 19.1. The number of aliphatic hydroxyl groups excluding tert-OH is 1. The van der Waals surface area contributed by atoms with E-state index in [0.717, 1.165) is 0 Å². The fourth-order valence-corrected chi connectivity index (χ4v) is 0. The lowest BCUT2D eigenvalue weighted by Gasteiger charge is -1.82. The van der Waals surface area contributed by atoms with Gasteiger partial charge < -0.3 is 5.11 Å². The number of hydrogen-bond acceptors (Lipinski definition) is 1. The fourth-order valence-electron chi connectivity index (χ4n) is 0.